The molecule has 0 aliphatic heterocycles. The highest BCUT2D eigenvalue weighted by Gasteiger charge is 2.13. The van der Waals surface area contributed by atoms with Gasteiger partial charge in [0.2, 0.25) is 0 Å². The summed E-state index contributed by atoms with van der Waals surface area (Å²) < 4.78 is 3.68. The Morgan fingerprint density at radius 1 is 1.24 bits per heavy atom. The number of rotatable bonds is 1. The van der Waals surface area contributed by atoms with Gasteiger partial charge in [-0.05, 0) is 19.1 Å². The molecule has 3 heterocycles. The van der Waals surface area contributed by atoms with E-state index >= 15 is 0 Å². The molecule has 3 rings (SSSR count). The van der Waals surface area contributed by atoms with Gasteiger partial charge in [0.25, 0.3) is 0 Å². The van der Waals surface area contributed by atoms with Gasteiger partial charge in [-0.25, -0.2) is 0 Å². The van der Waals surface area contributed by atoms with E-state index in [2.05, 4.69) is 15.3 Å². The largest absolute Gasteiger partial charge is 0.398 e. The fourth-order valence-corrected chi connectivity index (χ4v) is 1.81. The molecule has 17 heavy (non-hydrogen) atoms. The number of hydrogen-bond acceptors (Lipinski definition) is 4. The van der Waals surface area contributed by atoms with E-state index in [1.165, 1.54) is 0 Å². The maximum atomic E-state index is 5.78. The molecule has 86 valence electrons. The number of fused-ring (bicyclic) bond motifs is 1. The van der Waals surface area contributed by atoms with Gasteiger partial charge in [-0.2, -0.15) is 5.10 Å². The van der Waals surface area contributed by atoms with Gasteiger partial charge in [-0.3, -0.25) is 9.08 Å². The fraction of sp³-hybridized carbons (Fsp3) is 0.182. The van der Waals surface area contributed by atoms with E-state index in [0.29, 0.717) is 5.69 Å². The lowest BCUT2D eigenvalue weighted by Crippen LogP contribution is -1.95. The van der Waals surface area contributed by atoms with Crippen LogP contribution in [-0.2, 0) is 7.05 Å². The molecule has 0 aliphatic carbocycles. The molecule has 0 atom stereocenters. The topological polar surface area (TPSA) is 74.0 Å². The Hall–Kier alpha value is -2.37. The van der Waals surface area contributed by atoms with Crippen molar-refractivity contribution in [1.29, 1.82) is 0 Å². The summed E-state index contributed by atoms with van der Waals surface area (Å²) in [6.07, 6.45) is 3.60. The van der Waals surface area contributed by atoms with Crippen molar-refractivity contribution in [2.24, 2.45) is 7.05 Å². The van der Waals surface area contributed by atoms with Gasteiger partial charge in [0, 0.05) is 24.6 Å². The van der Waals surface area contributed by atoms with Crippen LogP contribution in [0.2, 0.25) is 0 Å². The third-order valence-corrected chi connectivity index (χ3v) is 2.90. The number of nitrogens with two attached hydrogens (primary N) is 1. The Balaban J connectivity index is 2.31. The van der Waals surface area contributed by atoms with E-state index in [1.54, 1.807) is 6.20 Å². The SMILES string of the molecule is Cc1c(-c2nnc3ccc(N)cn23)cnn1C. The van der Waals surface area contributed by atoms with Crippen molar-refractivity contribution >= 4 is 11.3 Å². The number of anilines is 1. The molecule has 0 amide bonds. The maximum Gasteiger partial charge on any atom is 0.171 e. The predicted octanol–water partition coefficient (Wildman–Crippen LogP) is 1.02. The smallest absolute Gasteiger partial charge is 0.171 e. The number of aromatic nitrogens is 5. The van der Waals surface area contributed by atoms with Crippen molar-refractivity contribution in [3.63, 3.8) is 0 Å². The summed E-state index contributed by atoms with van der Waals surface area (Å²) in [7, 11) is 1.90. The zero-order chi connectivity index (χ0) is 12.0. The second-order valence-electron chi connectivity index (χ2n) is 3.98. The highest BCUT2D eigenvalue weighted by atomic mass is 15.3. The summed E-state index contributed by atoms with van der Waals surface area (Å²) >= 11 is 0. The molecule has 0 radical (unpaired) electrons. The molecule has 0 aliphatic rings. The van der Waals surface area contributed by atoms with Crippen LogP contribution in [0.4, 0.5) is 5.69 Å². The molecule has 6 heteroatoms. The summed E-state index contributed by atoms with van der Waals surface area (Å²) in [6.45, 7) is 2.00. The number of nitrogens with zero attached hydrogens (tertiary/aromatic N) is 5. The van der Waals surface area contributed by atoms with E-state index in [9.17, 15) is 0 Å². The summed E-state index contributed by atoms with van der Waals surface area (Å²) in [6, 6.07) is 3.65. The van der Waals surface area contributed by atoms with Crippen molar-refractivity contribution in [3.8, 4) is 11.4 Å². The second kappa shape index (κ2) is 3.31. The third kappa shape index (κ3) is 1.37. The van der Waals surface area contributed by atoms with Gasteiger partial charge in [-0.15, -0.1) is 10.2 Å². The normalized spacial score (nSPS) is 11.2. The molecule has 0 saturated heterocycles. The zero-order valence-electron chi connectivity index (χ0n) is 9.62. The van der Waals surface area contributed by atoms with Crippen LogP contribution in [0.1, 0.15) is 5.69 Å². The van der Waals surface area contributed by atoms with Gasteiger partial charge in [-0.1, -0.05) is 0 Å². The Labute approximate surface area is 97.7 Å². The number of aryl methyl sites for hydroxylation is 1. The van der Waals surface area contributed by atoms with E-state index < -0.39 is 0 Å². The molecular weight excluding hydrogens is 216 g/mol. The zero-order valence-corrected chi connectivity index (χ0v) is 9.62. The lowest BCUT2D eigenvalue weighted by Gasteiger charge is -2.00. The third-order valence-electron chi connectivity index (χ3n) is 2.90. The molecule has 0 spiro atoms. The first-order valence-corrected chi connectivity index (χ1v) is 5.26. The van der Waals surface area contributed by atoms with Gasteiger partial charge in [0.15, 0.2) is 11.5 Å². The molecule has 0 fully saturated rings. The van der Waals surface area contributed by atoms with Crippen molar-refractivity contribution in [2.45, 2.75) is 6.92 Å². The van der Waals surface area contributed by atoms with E-state index in [1.807, 2.05) is 41.4 Å². The molecule has 3 aromatic rings. The minimum atomic E-state index is 0.681. The lowest BCUT2D eigenvalue weighted by atomic mass is 10.2. The number of nitrogen functional groups attached to an aromatic ring is 1. The van der Waals surface area contributed by atoms with Crippen LogP contribution >= 0.6 is 0 Å². The minimum absolute atomic E-state index is 0.681. The first-order chi connectivity index (χ1) is 8.16. The van der Waals surface area contributed by atoms with Gasteiger partial charge < -0.3 is 5.73 Å². The van der Waals surface area contributed by atoms with Crippen molar-refractivity contribution in [1.82, 2.24) is 24.4 Å². The van der Waals surface area contributed by atoms with Crippen LogP contribution in [0.3, 0.4) is 0 Å². The predicted molar refractivity (Wildman–Crippen MR) is 64.3 cm³/mol. The van der Waals surface area contributed by atoms with E-state index in [-0.39, 0.29) is 0 Å². The quantitative estimate of drug-likeness (QED) is 0.674. The van der Waals surface area contributed by atoms with Gasteiger partial charge >= 0.3 is 0 Å². The summed E-state index contributed by atoms with van der Waals surface area (Å²) in [5.74, 6) is 0.762. The summed E-state index contributed by atoms with van der Waals surface area (Å²) in [4.78, 5) is 0. The van der Waals surface area contributed by atoms with Crippen LogP contribution in [-0.4, -0.2) is 24.4 Å². The van der Waals surface area contributed by atoms with E-state index in [0.717, 1.165) is 22.7 Å². The first-order valence-electron chi connectivity index (χ1n) is 5.26. The molecule has 2 N–H and O–H groups in total. The highest BCUT2D eigenvalue weighted by molar-refractivity contribution is 5.62. The molecule has 6 nitrogen and oxygen atoms in total. The molecule has 0 unspecified atom stereocenters. The van der Waals surface area contributed by atoms with Gasteiger partial charge in [0.05, 0.1) is 11.8 Å². The van der Waals surface area contributed by atoms with Crippen LogP contribution in [0.15, 0.2) is 24.5 Å². The highest BCUT2D eigenvalue weighted by Crippen LogP contribution is 2.22. The average molecular weight is 228 g/mol. The minimum Gasteiger partial charge on any atom is -0.398 e. The van der Waals surface area contributed by atoms with Crippen LogP contribution in [0.5, 0.6) is 0 Å². The van der Waals surface area contributed by atoms with Crippen molar-refractivity contribution < 1.29 is 0 Å². The van der Waals surface area contributed by atoms with E-state index in [4.69, 9.17) is 5.73 Å². The maximum absolute atomic E-state index is 5.78. The Morgan fingerprint density at radius 2 is 2.06 bits per heavy atom. The number of pyridine rings is 1. The summed E-state index contributed by atoms with van der Waals surface area (Å²) in [5, 5.41) is 12.5. The van der Waals surface area contributed by atoms with Crippen molar-refractivity contribution in [2.75, 3.05) is 5.73 Å². The summed E-state index contributed by atoms with van der Waals surface area (Å²) in [5.41, 5.74) is 9.24. The monoisotopic (exact) mass is 228 g/mol. The Kier molecular flexibility index (Phi) is 1.91. The molecular formula is C11H12N6. The Bertz CT molecular complexity index is 693. The van der Waals surface area contributed by atoms with Crippen molar-refractivity contribution in [3.05, 3.63) is 30.2 Å². The fourth-order valence-electron chi connectivity index (χ4n) is 1.81. The van der Waals surface area contributed by atoms with Crippen LogP contribution in [0, 0.1) is 6.92 Å². The molecule has 0 aromatic carbocycles. The van der Waals surface area contributed by atoms with Gasteiger partial charge in [0.1, 0.15) is 0 Å². The average Bonchev–Trinajstić information content (AvgIpc) is 2.84. The van der Waals surface area contributed by atoms with Crippen LogP contribution < -0.4 is 5.73 Å². The standard InChI is InChI=1S/C11H12N6/c1-7-9(5-13-16(7)2)11-15-14-10-4-3-8(12)6-17(10)11/h3-6H,12H2,1-2H3. The molecule has 3 aromatic heterocycles. The second-order valence-corrected chi connectivity index (χ2v) is 3.98. The lowest BCUT2D eigenvalue weighted by molar-refractivity contribution is 0.740. The van der Waals surface area contributed by atoms with Crippen LogP contribution in [0.25, 0.3) is 17.0 Å². The molecule has 0 saturated carbocycles. The first kappa shape index (κ1) is 9.83. The Morgan fingerprint density at radius 3 is 2.76 bits per heavy atom. The molecule has 0 bridgehead atoms. The number of hydrogen-bond donors (Lipinski definition) is 1.